The molecule has 2 aromatic rings. The average molecular weight is 416 g/mol. The van der Waals surface area contributed by atoms with Crippen LogP contribution in [0.25, 0.3) is 0 Å². The van der Waals surface area contributed by atoms with Crippen molar-refractivity contribution in [3.63, 3.8) is 0 Å². The molecule has 0 saturated heterocycles. The molecule has 0 aliphatic heterocycles. The van der Waals surface area contributed by atoms with Crippen LogP contribution < -0.4 is 15.5 Å². The Labute approximate surface area is 163 Å². The number of quaternary nitrogens is 1. The van der Waals surface area contributed by atoms with E-state index in [1.54, 1.807) is 6.92 Å². The summed E-state index contributed by atoms with van der Waals surface area (Å²) in [6.45, 7) is 1.48. The smallest absolute Gasteiger partial charge is 0.321 e. The van der Waals surface area contributed by atoms with Crippen molar-refractivity contribution in [3.05, 3.63) is 59.7 Å². The van der Waals surface area contributed by atoms with Crippen LogP contribution >= 0.6 is 0 Å². The number of benzene rings is 2. The zero-order chi connectivity index (χ0) is 21.6. The zero-order valence-corrected chi connectivity index (χ0v) is 15.4. The first kappa shape index (κ1) is 22.3. The first-order chi connectivity index (χ1) is 13.6. The van der Waals surface area contributed by atoms with E-state index in [1.807, 2.05) is 0 Å². The summed E-state index contributed by atoms with van der Waals surface area (Å²) in [4.78, 5) is 24.7. The zero-order valence-electron chi connectivity index (χ0n) is 15.4. The number of anilines is 2. The number of amides is 2. The highest BCUT2D eigenvalue weighted by atomic mass is 19.4. The number of carbonyl (C=O) groups is 2. The monoisotopic (exact) mass is 416 g/mol. The fourth-order valence-corrected chi connectivity index (χ4v) is 2.59. The van der Waals surface area contributed by atoms with Gasteiger partial charge in [-0.1, -0.05) is 12.1 Å². The quantitative estimate of drug-likeness (QED) is 0.608. The van der Waals surface area contributed by atoms with E-state index in [-0.39, 0.29) is 24.5 Å². The Morgan fingerprint density at radius 2 is 1.52 bits per heavy atom. The lowest BCUT2D eigenvalue weighted by Crippen LogP contribution is -3.13. The summed E-state index contributed by atoms with van der Waals surface area (Å²) in [5, 5.41) is 4.48. The molecule has 5 nitrogen and oxygen atoms in total. The van der Waals surface area contributed by atoms with E-state index in [0.717, 1.165) is 24.3 Å². The third-order valence-electron chi connectivity index (χ3n) is 4.03. The summed E-state index contributed by atoms with van der Waals surface area (Å²) in [5.41, 5.74) is -1.57. The van der Waals surface area contributed by atoms with Crippen LogP contribution in [0, 0.1) is 11.6 Å². The van der Waals surface area contributed by atoms with Gasteiger partial charge in [-0.25, -0.2) is 8.78 Å². The number of likely N-dealkylation sites (N-methyl/N-ethyl adjacent to an activating group) is 1. The number of rotatable bonds is 7. The Kier molecular flexibility index (Phi) is 7.27. The molecule has 0 fully saturated rings. The van der Waals surface area contributed by atoms with Crippen molar-refractivity contribution in [2.75, 3.05) is 30.3 Å². The van der Waals surface area contributed by atoms with Crippen LogP contribution in [0.3, 0.4) is 0 Å². The van der Waals surface area contributed by atoms with Gasteiger partial charge < -0.3 is 15.5 Å². The van der Waals surface area contributed by atoms with E-state index in [4.69, 9.17) is 0 Å². The number of alkyl halides is 3. The van der Waals surface area contributed by atoms with Gasteiger partial charge in [0.15, 0.2) is 13.1 Å². The van der Waals surface area contributed by atoms with Gasteiger partial charge in [-0.05, 0) is 31.2 Å². The molecule has 0 saturated carbocycles. The molecule has 2 rings (SSSR count). The molecule has 10 heteroatoms. The lowest BCUT2D eigenvalue weighted by atomic mass is 10.1. The second-order valence-corrected chi connectivity index (χ2v) is 6.22. The van der Waals surface area contributed by atoms with Crippen LogP contribution in [0.4, 0.5) is 33.3 Å². The van der Waals surface area contributed by atoms with Crippen molar-refractivity contribution in [3.8, 4) is 0 Å². The minimum Gasteiger partial charge on any atom is -0.321 e. The average Bonchev–Trinajstić information content (AvgIpc) is 2.63. The number of halogens is 5. The molecule has 1 atom stereocenters. The maximum absolute atomic E-state index is 13.6. The highest BCUT2D eigenvalue weighted by Gasteiger charge is 2.33. The molecular weight excluding hydrogens is 397 g/mol. The molecule has 29 heavy (non-hydrogen) atoms. The molecule has 156 valence electrons. The predicted molar refractivity (Wildman–Crippen MR) is 96.3 cm³/mol. The summed E-state index contributed by atoms with van der Waals surface area (Å²) >= 11 is 0. The second kappa shape index (κ2) is 9.46. The Balaban J connectivity index is 1.97. The van der Waals surface area contributed by atoms with Crippen molar-refractivity contribution in [1.82, 2.24) is 0 Å². The van der Waals surface area contributed by atoms with Crippen LogP contribution in [0.2, 0.25) is 0 Å². The molecule has 0 aliphatic rings. The number of para-hydroxylation sites is 1. The van der Waals surface area contributed by atoms with Crippen LogP contribution in [0.5, 0.6) is 0 Å². The molecular formula is C19H19F5N3O2+. The van der Waals surface area contributed by atoms with Gasteiger partial charge >= 0.3 is 6.18 Å². The van der Waals surface area contributed by atoms with Gasteiger partial charge in [0.05, 0.1) is 23.5 Å². The molecule has 2 aromatic carbocycles. The van der Waals surface area contributed by atoms with Crippen molar-refractivity contribution >= 4 is 23.2 Å². The van der Waals surface area contributed by atoms with Crippen molar-refractivity contribution in [2.45, 2.75) is 13.1 Å². The number of nitrogens with one attached hydrogen (secondary N) is 3. The van der Waals surface area contributed by atoms with E-state index in [2.05, 4.69) is 10.6 Å². The molecule has 3 N–H and O–H groups in total. The highest BCUT2D eigenvalue weighted by molar-refractivity contribution is 5.93. The molecule has 1 unspecified atom stereocenters. The van der Waals surface area contributed by atoms with Crippen molar-refractivity contribution in [1.29, 1.82) is 0 Å². The summed E-state index contributed by atoms with van der Waals surface area (Å²) in [7, 11) is 0. The van der Waals surface area contributed by atoms with E-state index < -0.39 is 35.2 Å². The summed E-state index contributed by atoms with van der Waals surface area (Å²) in [6, 6.07) is 7.22. The van der Waals surface area contributed by atoms with Crippen molar-refractivity contribution < 1.29 is 36.4 Å². The Hall–Kier alpha value is -3.01. The molecule has 0 bridgehead atoms. The third kappa shape index (κ3) is 6.53. The lowest BCUT2D eigenvalue weighted by molar-refractivity contribution is -0.881. The first-order valence-corrected chi connectivity index (χ1v) is 8.64. The van der Waals surface area contributed by atoms with Crippen LogP contribution in [-0.4, -0.2) is 31.4 Å². The van der Waals surface area contributed by atoms with E-state index in [1.165, 1.54) is 12.1 Å². The van der Waals surface area contributed by atoms with Crippen molar-refractivity contribution in [2.24, 2.45) is 0 Å². The molecule has 0 aromatic heterocycles. The van der Waals surface area contributed by atoms with Gasteiger partial charge in [0, 0.05) is 6.07 Å². The molecule has 0 heterocycles. The Bertz CT molecular complexity index is 886. The number of hydrogen-bond acceptors (Lipinski definition) is 2. The highest BCUT2D eigenvalue weighted by Crippen LogP contribution is 2.34. The van der Waals surface area contributed by atoms with E-state index >= 15 is 0 Å². The maximum atomic E-state index is 13.6. The molecule has 0 spiro atoms. The first-order valence-electron chi connectivity index (χ1n) is 8.64. The minimum atomic E-state index is -4.62. The molecule has 2 amide bonds. The van der Waals surface area contributed by atoms with Crippen LogP contribution in [-0.2, 0) is 15.8 Å². The maximum Gasteiger partial charge on any atom is 0.418 e. The Morgan fingerprint density at radius 3 is 2.07 bits per heavy atom. The van der Waals surface area contributed by atoms with Gasteiger partial charge in [-0.3, -0.25) is 9.59 Å². The Morgan fingerprint density at radius 1 is 0.931 bits per heavy atom. The SMILES string of the molecule is CC[NH+](CC(=O)Nc1ccc(F)cc1F)CC(=O)Nc1ccccc1C(F)(F)F. The summed E-state index contributed by atoms with van der Waals surface area (Å²) < 4.78 is 65.5. The number of carbonyl (C=O) groups excluding carboxylic acids is 2. The van der Waals surface area contributed by atoms with Gasteiger partial charge in [0.1, 0.15) is 11.6 Å². The van der Waals surface area contributed by atoms with Gasteiger partial charge in [0.2, 0.25) is 0 Å². The van der Waals surface area contributed by atoms with Gasteiger partial charge in [-0.2, -0.15) is 13.2 Å². The van der Waals surface area contributed by atoms with E-state index in [9.17, 15) is 31.5 Å². The predicted octanol–water partition coefficient (Wildman–Crippen LogP) is 2.47. The minimum absolute atomic E-state index is 0.213. The fourth-order valence-electron chi connectivity index (χ4n) is 2.59. The third-order valence-corrected chi connectivity index (χ3v) is 4.03. The topological polar surface area (TPSA) is 62.6 Å². The van der Waals surface area contributed by atoms with Gasteiger partial charge in [0.25, 0.3) is 11.8 Å². The summed E-state index contributed by atoms with van der Waals surface area (Å²) in [6.07, 6.45) is -4.62. The molecule has 0 radical (unpaired) electrons. The summed E-state index contributed by atoms with van der Waals surface area (Å²) in [5.74, 6) is -3.08. The second-order valence-electron chi connectivity index (χ2n) is 6.22. The van der Waals surface area contributed by atoms with E-state index in [0.29, 0.717) is 17.5 Å². The van der Waals surface area contributed by atoms with Gasteiger partial charge in [-0.15, -0.1) is 0 Å². The largest absolute Gasteiger partial charge is 0.418 e. The normalized spacial score (nSPS) is 12.3. The van der Waals surface area contributed by atoms with Crippen LogP contribution in [0.1, 0.15) is 12.5 Å². The van der Waals surface area contributed by atoms with Crippen LogP contribution in [0.15, 0.2) is 42.5 Å². The fraction of sp³-hybridized carbons (Fsp3) is 0.263. The molecule has 0 aliphatic carbocycles. The lowest BCUT2D eigenvalue weighted by Gasteiger charge is -2.18. The number of hydrogen-bond donors (Lipinski definition) is 3. The standard InChI is InChI=1S/C19H18F5N3O2/c1-2-27(11-18(29)26-16-8-7-12(20)9-14(16)21)10-17(28)25-15-6-4-3-5-13(15)19(22,23)24/h3-9H,2,10-11H2,1H3,(H,25,28)(H,26,29)/p+1.